The first-order chi connectivity index (χ1) is 27.9. The SMILES string of the molecule is COCCN(CCOC)c1ccc(-c2nc(-c3ccc(N(CCOC)CCOC)c(SC)c3)nc(-c3ccc(N(CCOC)CCOC)c(SC)c3)n2)cc1SC. The van der Waals surface area contributed by atoms with Crippen LogP contribution in [0.5, 0.6) is 0 Å². The quantitative estimate of drug-likeness (QED) is 0.0560. The van der Waals surface area contributed by atoms with Crippen LogP contribution >= 0.6 is 35.3 Å². The molecule has 3 aromatic carbocycles. The standard InChI is InChI=1S/C42H60N6O6S3/c1-49-22-16-46(17-23-50-2)34-13-10-31(28-37(34)55-7)40-43-41(32-11-14-35(38(29-32)56-8)47(18-24-51-3)19-25-52-4)45-42(44-40)33-12-15-36(39(30-33)57-9)48(20-26-53-5)21-27-54-6/h10-15,28-30H,16-27H2,1-9H3. The van der Waals surface area contributed by atoms with E-state index < -0.39 is 0 Å². The van der Waals surface area contributed by atoms with Gasteiger partial charge in [-0.05, 0) is 73.4 Å². The van der Waals surface area contributed by atoms with Crippen LogP contribution in [0.4, 0.5) is 17.1 Å². The van der Waals surface area contributed by atoms with Crippen LogP contribution in [0, 0.1) is 0 Å². The zero-order chi connectivity index (χ0) is 41.0. The Morgan fingerprint density at radius 2 is 0.614 bits per heavy atom. The predicted molar refractivity (Wildman–Crippen MR) is 239 cm³/mol. The zero-order valence-corrected chi connectivity index (χ0v) is 37.5. The topological polar surface area (TPSA) is 104 Å². The first-order valence-electron chi connectivity index (χ1n) is 18.9. The van der Waals surface area contributed by atoms with Crippen LogP contribution in [0.3, 0.4) is 0 Å². The van der Waals surface area contributed by atoms with Crippen LogP contribution in [-0.2, 0) is 28.4 Å². The zero-order valence-electron chi connectivity index (χ0n) is 35.0. The van der Waals surface area contributed by atoms with Crippen molar-refractivity contribution in [2.45, 2.75) is 14.7 Å². The minimum Gasteiger partial charge on any atom is -0.383 e. The molecule has 0 spiro atoms. The number of rotatable bonds is 27. The van der Waals surface area contributed by atoms with Crippen molar-refractivity contribution in [3.8, 4) is 34.2 Å². The summed E-state index contributed by atoms with van der Waals surface area (Å²) in [6.07, 6.45) is 6.29. The first-order valence-corrected chi connectivity index (χ1v) is 22.6. The Morgan fingerprint density at radius 1 is 0.386 bits per heavy atom. The van der Waals surface area contributed by atoms with Crippen molar-refractivity contribution in [1.82, 2.24) is 15.0 Å². The van der Waals surface area contributed by atoms with Crippen LogP contribution in [0.15, 0.2) is 69.3 Å². The fourth-order valence-corrected chi connectivity index (χ4v) is 8.22. The molecule has 0 aliphatic rings. The molecule has 0 amide bonds. The van der Waals surface area contributed by atoms with Gasteiger partial charge >= 0.3 is 0 Å². The highest BCUT2D eigenvalue weighted by atomic mass is 32.2. The van der Waals surface area contributed by atoms with E-state index in [9.17, 15) is 0 Å². The van der Waals surface area contributed by atoms with Gasteiger partial charge in [0.1, 0.15) is 0 Å². The lowest BCUT2D eigenvalue weighted by Crippen LogP contribution is -2.31. The van der Waals surface area contributed by atoms with Crippen LogP contribution in [0.1, 0.15) is 0 Å². The lowest BCUT2D eigenvalue weighted by molar-refractivity contribution is 0.190. The van der Waals surface area contributed by atoms with Gasteiger partial charge in [-0.3, -0.25) is 0 Å². The van der Waals surface area contributed by atoms with Crippen molar-refractivity contribution >= 4 is 52.3 Å². The summed E-state index contributed by atoms with van der Waals surface area (Å²) in [5, 5.41) is 0. The van der Waals surface area contributed by atoms with Crippen molar-refractivity contribution in [3.05, 3.63) is 54.6 Å². The number of nitrogens with zero attached hydrogens (tertiary/aromatic N) is 6. The molecule has 0 saturated carbocycles. The molecule has 0 saturated heterocycles. The largest absolute Gasteiger partial charge is 0.383 e. The minimum absolute atomic E-state index is 0.602. The maximum absolute atomic E-state index is 5.45. The molecule has 4 rings (SSSR count). The molecule has 0 bridgehead atoms. The predicted octanol–water partition coefficient (Wildman–Crippen LogP) is 7.34. The number of benzene rings is 3. The summed E-state index contributed by atoms with van der Waals surface area (Å²) >= 11 is 5.09. The molecule has 0 radical (unpaired) electrons. The lowest BCUT2D eigenvalue weighted by atomic mass is 10.1. The highest BCUT2D eigenvalue weighted by Crippen LogP contribution is 2.37. The van der Waals surface area contributed by atoms with E-state index in [-0.39, 0.29) is 0 Å². The third-order valence-electron chi connectivity index (χ3n) is 9.36. The molecule has 15 heteroatoms. The van der Waals surface area contributed by atoms with Crippen molar-refractivity contribution in [2.75, 3.05) is 155 Å². The third-order valence-corrected chi connectivity index (χ3v) is 11.7. The highest BCUT2D eigenvalue weighted by molar-refractivity contribution is 7.99. The smallest absolute Gasteiger partial charge is 0.164 e. The van der Waals surface area contributed by atoms with Gasteiger partial charge in [-0.15, -0.1) is 35.3 Å². The van der Waals surface area contributed by atoms with Gasteiger partial charge in [0.15, 0.2) is 17.5 Å². The van der Waals surface area contributed by atoms with E-state index in [1.54, 1.807) is 77.9 Å². The van der Waals surface area contributed by atoms with Crippen LogP contribution in [-0.4, -0.2) is 155 Å². The molecule has 312 valence electrons. The summed E-state index contributed by atoms with van der Waals surface area (Å²) < 4.78 is 32.7. The van der Waals surface area contributed by atoms with Gasteiger partial charge in [-0.2, -0.15) is 0 Å². The number of ether oxygens (including phenoxy) is 6. The van der Waals surface area contributed by atoms with E-state index in [1.165, 1.54) is 0 Å². The van der Waals surface area contributed by atoms with Crippen molar-refractivity contribution < 1.29 is 28.4 Å². The average Bonchev–Trinajstić information content (AvgIpc) is 3.26. The fourth-order valence-electron chi connectivity index (χ4n) is 6.26. The molecule has 1 aromatic heterocycles. The molecule has 0 aliphatic heterocycles. The molecule has 0 unspecified atom stereocenters. The molecule has 0 aliphatic carbocycles. The first kappa shape index (κ1) is 46.6. The van der Waals surface area contributed by atoms with Crippen LogP contribution in [0.25, 0.3) is 34.2 Å². The number of thioether (sulfide) groups is 3. The molecular formula is C42H60N6O6S3. The molecule has 0 atom stereocenters. The number of hydrogen-bond acceptors (Lipinski definition) is 15. The van der Waals surface area contributed by atoms with Gasteiger partial charge in [0.25, 0.3) is 0 Å². The monoisotopic (exact) mass is 840 g/mol. The van der Waals surface area contributed by atoms with Gasteiger partial charge in [0.2, 0.25) is 0 Å². The Bertz CT molecular complexity index is 1570. The lowest BCUT2D eigenvalue weighted by Gasteiger charge is -2.27. The molecule has 4 aromatic rings. The number of hydrogen-bond donors (Lipinski definition) is 0. The second-order valence-corrected chi connectivity index (χ2v) is 15.4. The summed E-state index contributed by atoms with van der Waals surface area (Å²) in [4.78, 5) is 25.7. The van der Waals surface area contributed by atoms with E-state index >= 15 is 0 Å². The maximum atomic E-state index is 5.45. The van der Waals surface area contributed by atoms with Gasteiger partial charge in [-0.25, -0.2) is 15.0 Å². The van der Waals surface area contributed by atoms with Gasteiger partial charge in [0.05, 0.1) is 56.7 Å². The minimum atomic E-state index is 0.602. The molecule has 12 nitrogen and oxygen atoms in total. The molecular weight excluding hydrogens is 781 g/mol. The van der Waals surface area contributed by atoms with Gasteiger partial charge < -0.3 is 43.1 Å². The van der Waals surface area contributed by atoms with Crippen LogP contribution < -0.4 is 14.7 Å². The second-order valence-electron chi connectivity index (χ2n) is 12.9. The number of aromatic nitrogens is 3. The van der Waals surface area contributed by atoms with E-state index in [4.69, 9.17) is 43.4 Å². The normalized spacial score (nSPS) is 11.3. The highest BCUT2D eigenvalue weighted by Gasteiger charge is 2.20. The van der Waals surface area contributed by atoms with E-state index in [0.717, 1.165) is 87.7 Å². The summed E-state index contributed by atoms with van der Waals surface area (Å²) in [7, 11) is 10.4. The van der Waals surface area contributed by atoms with Crippen molar-refractivity contribution in [2.24, 2.45) is 0 Å². The summed E-state index contributed by atoms with van der Waals surface area (Å²) in [5.74, 6) is 1.81. The summed E-state index contributed by atoms with van der Waals surface area (Å²) in [6.45, 7) is 8.15. The molecule has 57 heavy (non-hydrogen) atoms. The molecule has 1 heterocycles. The Balaban J connectivity index is 1.89. The van der Waals surface area contributed by atoms with E-state index in [2.05, 4.69) is 88.1 Å². The number of methoxy groups -OCH3 is 6. The molecule has 0 N–H and O–H groups in total. The summed E-state index contributed by atoms with van der Waals surface area (Å²) in [5.41, 5.74) is 6.08. The Morgan fingerprint density at radius 3 is 0.807 bits per heavy atom. The Labute approximate surface area is 352 Å². The van der Waals surface area contributed by atoms with E-state index in [1.807, 2.05) is 0 Å². The van der Waals surface area contributed by atoms with Crippen LogP contribution in [0.2, 0.25) is 0 Å². The van der Waals surface area contributed by atoms with Crippen molar-refractivity contribution in [1.29, 1.82) is 0 Å². The summed E-state index contributed by atoms with van der Waals surface area (Å²) in [6, 6.07) is 19.3. The average molecular weight is 841 g/mol. The van der Waals surface area contributed by atoms with E-state index in [0.29, 0.717) is 57.1 Å². The maximum Gasteiger partial charge on any atom is 0.164 e. The number of anilines is 3. The van der Waals surface area contributed by atoms with Gasteiger partial charge in [0, 0.05) is 113 Å². The second kappa shape index (κ2) is 25.4. The third kappa shape index (κ3) is 13.2. The fraction of sp³-hybridized carbons (Fsp3) is 0.500. The Kier molecular flexibility index (Phi) is 20.7. The van der Waals surface area contributed by atoms with Crippen molar-refractivity contribution in [3.63, 3.8) is 0 Å². The molecule has 0 fully saturated rings. The van der Waals surface area contributed by atoms with Gasteiger partial charge in [-0.1, -0.05) is 0 Å². The Hall–Kier alpha value is -3.12.